The summed E-state index contributed by atoms with van der Waals surface area (Å²) in [6.45, 7) is 10.6. The number of nitrogens with one attached hydrogen (secondary N) is 1. The van der Waals surface area contributed by atoms with Crippen molar-refractivity contribution < 1.29 is 23.8 Å². The molecule has 1 saturated heterocycles. The Balaban J connectivity index is 1.53. The van der Waals surface area contributed by atoms with E-state index in [1.807, 2.05) is 69.5 Å². The number of pyridine rings is 1. The van der Waals surface area contributed by atoms with Gasteiger partial charge in [-0.15, -0.1) is 23.1 Å². The van der Waals surface area contributed by atoms with Gasteiger partial charge in [0, 0.05) is 29.6 Å². The van der Waals surface area contributed by atoms with Crippen LogP contribution in [-0.2, 0) is 14.3 Å². The maximum Gasteiger partial charge on any atom is 0.410 e. The largest absolute Gasteiger partial charge is 0.465 e. The Morgan fingerprint density at radius 3 is 2.55 bits per heavy atom. The quantitative estimate of drug-likeness (QED) is 0.209. The summed E-state index contributed by atoms with van der Waals surface area (Å²) in [7, 11) is 0. The Kier molecular flexibility index (Phi) is 9.91. The predicted octanol–water partition coefficient (Wildman–Crippen LogP) is 7.05. The summed E-state index contributed by atoms with van der Waals surface area (Å²) in [6, 6.07) is 11.4. The Morgan fingerprint density at radius 1 is 1.20 bits per heavy atom. The highest BCUT2D eigenvalue weighted by Crippen LogP contribution is 2.39. The highest BCUT2D eigenvalue weighted by atomic mass is 32.2. The van der Waals surface area contributed by atoms with E-state index in [4.69, 9.17) is 14.2 Å². The molecule has 1 fully saturated rings. The fourth-order valence-corrected chi connectivity index (χ4v) is 6.11. The number of carbonyl (C=O) groups is 2. The number of aryl methyl sites for hydroxylation is 1. The first kappa shape index (κ1) is 29.7. The van der Waals surface area contributed by atoms with Gasteiger partial charge < -0.3 is 24.4 Å². The van der Waals surface area contributed by atoms with E-state index >= 15 is 0 Å². The van der Waals surface area contributed by atoms with E-state index < -0.39 is 10.9 Å². The van der Waals surface area contributed by atoms with Crippen molar-refractivity contribution in [2.45, 2.75) is 63.2 Å². The molecule has 4 rings (SSSR count). The second-order valence-electron chi connectivity index (χ2n) is 10.4. The van der Waals surface area contributed by atoms with Gasteiger partial charge in [-0.3, -0.25) is 4.79 Å². The summed E-state index contributed by atoms with van der Waals surface area (Å²) in [5.41, 5.74) is 0.364. The SMILES string of the molecule is CCOC(=O)C(Sc1cnc(Nc2nc(C)cs2)c(Oc2ccccc2)c1)C1CCN(C(=O)OC(C)(C)C)CC1. The number of carbonyl (C=O) groups excluding carboxylic acids is 2. The third-order valence-electron chi connectivity index (χ3n) is 6.04. The number of piperidine rings is 1. The molecule has 1 aliphatic rings. The Labute approximate surface area is 243 Å². The Hall–Kier alpha value is -3.31. The second-order valence-corrected chi connectivity index (χ2v) is 12.5. The van der Waals surface area contributed by atoms with Gasteiger partial charge in [-0.05, 0) is 71.6 Å². The number of ether oxygens (including phenoxy) is 3. The minimum Gasteiger partial charge on any atom is -0.465 e. The van der Waals surface area contributed by atoms with Crippen LogP contribution in [0.5, 0.6) is 11.5 Å². The van der Waals surface area contributed by atoms with E-state index in [1.165, 1.54) is 23.1 Å². The molecule has 1 aliphatic heterocycles. The van der Waals surface area contributed by atoms with E-state index in [-0.39, 0.29) is 18.0 Å². The number of rotatable bonds is 9. The number of para-hydroxylation sites is 1. The highest BCUT2D eigenvalue weighted by molar-refractivity contribution is 8.00. The first-order chi connectivity index (χ1) is 19.1. The van der Waals surface area contributed by atoms with Crippen molar-refractivity contribution in [2.24, 2.45) is 5.92 Å². The fraction of sp³-hybridized carbons (Fsp3) is 0.448. The molecule has 1 N–H and O–H groups in total. The van der Waals surface area contributed by atoms with Gasteiger partial charge in [0.05, 0.1) is 12.3 Å². The lowest BCUT2D eigenvalue weighted by Gasteiger charge is -2.35. The maximum absolute atomic E-state index is 13.1. The first-order valence-corrected chi connectivity index (χ1v) is 15.1. The molecule has 1 atom stereocenters. The van der Waals surface area contributed by atoms with Gasteiger partial charge in [-0.25, -0.2) is 14.8 Å². The molecule has 0 saturated carbocycles. The van der Waals surface area contributed by atoms with Crippen molar-refractivity contribution in [3.05, 3.63) is 53.7 Å². The smallest absolute Gasteiger partial charge is 0.410 e. The van der Waals surface area contributed by atoms with Crippen molar-refractivity contribution >= 4 is 46.1 Å². The predicted molar refractivity (Wildman–Crippen MR) is 158 cm³/mol. The van der Waals surface area contributed by atoms with Crippen LogP contribution in [0.2, 0.25) is 0 Å². The van der Waals surface area contributed by atoms with Gasteiger partial charge >= 0.3 is 12.1 Å². The van der Waals surface area contributed by atoms with Gasteiger partial charge in [0.25, 0.3) is 0 Å². The molecule has 40 heavy (non-hydrogen) atoms. The number of benzene rings is 1. The molecule has 1 unspecified atom stereocenters. The lowest BCUT2D eigenvalue weighted by Crippen LogP contribution is -2.44. The summed E-state index contributed by atoms with van der Waals surface area (Å²) in [5, 5.41) is 5.47. The molecule has 9 nitrogen and oxygen atoms in total. The van der Waals surface area contributed by atoms with E-state index in [1.54, 1.807) is 18.0 Å². The maximum atomic E-state index is 13.1. The molecule has 3 aromatic rings. The number of hydrogen-bond donors (Lipinski definition) is 1. The number of aromatic nitrogens is 2. The van der Waals surface area contributed by atoms with Gasteiger partial charge in [0.1, 0.15) is 16.6 Å². The van der Waals surface area contributed by atoms with Crippen LogP contribution in [-0.4, -0.2) is 57.5 Å². The van der Waals surface area contributed by atoms with E-state index in [0.717, 1.165) is 10.6 Å². The second kappa shape index (κ2) is 13.4. The van der Waals surface area contributed by atoms with Crippen LogP contribution in [0.15, 0.2) is 52.9 Å². The number of esters is 1. The third kappa shape index (κ3) is 8.34. The number of nitrogens with zero attached hydrogens (tertiary/aromatic N) is 3. The van der Waals surface area contributed by atoms with Crippen molar-refractivity contribution in [1.82, 2.24) is 14.9 Å². The molecule has 0 aliphatic carbocycles. The standard InChI is InChI=1S/C29H36N4O5S2/c1-6-36-26(34)24(20-12-14-33(15-13-20)28(35)38-29(3,4)5)40-22-16-23(37-21-10-8-7-9-11-21)25(30-17-22)32-27-31-19(2)18-39-27/h7-11,16-18,20,24H,6,12-15H2,1-5H3,(H,30,31,32). The van der Waals surface area contributed by atoms with Crippen molar-refractivity contribution in [2.75, 3.05) is 25.0 Å². The molecule has 1 aromatic carbocycles. The highest BCUT2D eigenvalue weighted by Gasteiger charge is 2.35. The lowest BCUT2D eigenvalue weighted by atomic mass is 9.93. The molecule has 11 heteroatoms. The molecule has 0 spiro atoms. The third-order valence-corrected chi connectivity index (χ3v) is 8.25. The van der Waals surface area contributed by atoms with Crippen LogP contribution >= 0.6 is 23.1 Å². The first-order valence-electron chi connectivity index (χ1n) is 13.3. The van der Waals surface area contributed by atoms with Crippen molar-refractivity contribution in [3.63, 3.8) is 0 Å². The summed E-state index contributed by atoms with van der Waals surface area (Å²) in [4.78, 5) is 37.3. The molecular formula is C29H36N4O5S2. The van der Waals surface area contributed by atoms with Crippen LogP contribution in [0.4, 0.5) is 15.7 Å². The normalized spacial score (nSPS) is 14.9. The van der Waals surface area contributed by atoms with E-state index in [9.17, 15) is 9.59 Å². The van der Waals surface area contributed by atoms with Gasteiger partial charge in [-0.1, -0.05) is 18.2 Å². The number of thioether (sulfide) groups is 1. The van der Waals surface area contributed by atoms with Gasteiger partial charge in [0.2, 0.25) is 0 Å². The summed E-state index contributed by atoms with van der Waals surface area (Å²) < 4.78 is 17.2. The average molecular weight is 585 g/mol. The van der Waals surface area contributed by atoms with Crippen LogP contribution in [0, 0.1) is 12.8 Å². The lowest BCUT2D eigenvalue weighted by molar-refractivity contribution is -0.143. The number of thiazole rings is 1. The van der Waals surface area contributed by atoms with Gasteiger partial charge in [-0.2, -0.15) is 0 Å². The topological polar surface area (TPSA) is 103 Å². The van der Waals surface area contributed by atoms with E-state index in [0.29, 0.717) is 55.0 Å². The molecule has 214 valence electrons. The Morgan fingerprint density at radius 2 is 1.93 bits per heavy atom. The zero-order valence-electron chi connectivity index (χ0n) is 23.5. The van der Waals surface area contributed by atoms with E-state index in [2.05, 4.69) is 15.3 Å². The van der Waals surface area contributed by atoms with Crippen LogP contribution < -0.4 is 10.1 Å². The van der Waals surface area contributed by atoms with Crippen molar-refractivity contribution in [3.8, 4) is 11.5 Å². The van der Waals surface area contributed by atoms with Crippen LogP contribution in [0.3, 0.4) is 0 Å². The molecule has 0 radical (unpaired) electrons. The zero-order chi connectivity index (χ0) is 28.7. The molecule has 0 bridgehead atoms. The number of likely N-dealkylation sites (tertiary alicyclic amines) is 1. The molecule has 2 aromatic heterocycles. The van der Waals surface area contributed by atoms with Crippen LogP contribution in [0.25, 0.3) is 0 Å². The zero-order valence-corrected chi connectivity index (χ0v) is 25.1. The molecule has 1 amide bonds. The fourth-order valence-electron chi connectivity index (χ4n) is 4.21. The average Bonchev–Trinajstić information content (AvgIpc) is 3.33. The Bertz CT molecular complexity index is 1290. The summed E-state index contributed by atoms with van der Waals surface area (Å²) >= 11 is 2.90. The van der Waals surface area contributed by atoms with Crippen molar-refractivity contribution in [1.29, 1.82) is 0 Å². The molecular weight excluding hydrogens is 548 g/mol. The molecule has 3 heterocycles. The minimum absolute atomic E-state index is 0.0253. The monoisotopic (exact) mass is 584 g/mol. The summed E-state index contributed by atoms with van der Waals surface area (Å²) in [5.74, 6) is 1.47. The van der Waals surface area contributed by atoms with Gasteiger partial charge in [0.15, 0.2) is 16.7 Å². The summed E-state index contributed by atoms with van der Waals surface area (Å²) in [6.07, 6.45) is 2.74. The van der Waals surface area contributed by atoms with Crippen LogP contribution in [0.1, 0.15) is 46.2 Å². The number of hydrogen-bond acceptors (Lipinski definition) is 10. The minimum atomic E-state index is -0.552. The number of anilines is 2. The number of amides is 1.